The number of aromatic amines is 1. The molecule has 3 heterocycles. The van der Waals surface area contributed by atoms with Gasteiger partial charge in [-0.3, -0.25) is 9.59 Å². The number of carbonyl (C=O) groups excluding carboxylic acids is 1. The van der Waals surface area contributed by atoms with Gasteiger partial charge in [-0.2, -0.15) is 23.5 Å². The van der Waals surface area contributed by atoms with Crippen LogP contribution in [-0.2, 0) is 15.7 Å². The molecule has 0 spiro atoms. The Morgan fingerprint density at radius 3 is 2.68 bits per heavy atom. The average molecular weight is 488 g/mol. The molecule has 182 valence electrons. The molecule has 34 heavy (non-hydrogen) atoms. The van der Waals surface area contributed by atoms with Crippen molar-refractivity contribution in [2.45, 2.75) is 25.6 Å². The van der Waals surface area contributed by atoms with Crippen molar-refractivity contribution in [3.05, 3.63) is 46.0 Å². The highest BCUT2D eigenvalue weighted by molar-refractivity contribution is 5.76. The van der Waals surface area contributed by atoms with E-state index in [-0.39, 0.29) is 15.4 Å². The minimum absolute atomic E-state index is 0.0225. The molecule has 13 heteroatoms. The summed E-state index contributed by atoms with van der Waals surface area (Å²) in [6, 6.07) is 3.91. The maximum Gasteiger partial charge on any atom is 0.425 e. The summed E-state index contributed by atoms with van der Waals surface area (Å²) in [6.07, 6.45) is -5.35. The van der Waals surface area contributed by atoms with E-state index in [2.05, 4.69) is 10.1 Å². The van der Waals surface area contributed by atoms with Crippen LogP contribution < -0.4 is 15.2 Å². The largest absolute Gasteiger partial charge is 0.486 e. The summed E-state index contributed by atoms with van der Waals surface area (Å²) in [5, 5.41) is 13.9. The van der Waals surface area contributed by atoms with E-state index in [1.54, 1.807) is 11.2 Å². The first-order valence-corrected chi connectivity index (χ1v) is 9.60. The first-order chi connectivity index (χ1) is 19.2. The van der Waals surface area contributed by atoms with E-state index >= 15 is 0 Å². The smallest absolute Gasteiger partial charge is 0.425 e. The molecule has 10 nitrogen and oxygen atoms in total. The molecule has 1 unspecified atom stereocenters. The normalized spacial score (nSPS) is 24.4. The zero-order valence-electron chi connectivity index (χ0n) is 25.5. The fourth-order valence-corrected chi connectivity index (χ4v) is 2.59. The summed E-state index contributed by atoms with van der Waals surface area (Å²) in [7, 11) is 0. The Bertz CT molecular complexity index is 1390. The molecule has 1 atom stereocenters. The van der Waals surface area contributed by atoms with Crippen LogP contribution in [0.25, 0.3) is 0 Å². The predicted octanol–water partition coefficient (Wildman–Crippen LogP) is 1.58. The van der Waals surface area contributed by atoms with E-state index in [4.69, 9.17) is 25.7 Å². The summed E-state index contributed by atoms with van der Waals surface area (Å²) >= 11 is 0. The number of alkyl halides is 3. The average Bonchev–Trinajstić information content (AvgIpc) is 2.85. The number of rotatable bonds is 8. The Kier molecular flexibility index (Phi) is 5.18. The Hall–Kier alpha value is -3.66. The number of nitrogens with zero attached hydrogens (tertiary/aromatic N) is 5. The topological polar surface area (TPSA) is 124 Å². The fraction of sp³-hybridized carbons (Fsp3) is 0.476. The molecule has 0 saturated carbocycles. The molecular formula is C21H23F3N6O4. The summed E-state index contributed by atoms with van der Waals surface area (Å²) in [4.78, 5) is 28.3. The second-order valence-corrected chi connectivity index (χ2v) is 6.72. The van der Waals surface area contributed by atoms with Crippen molar-refractivity contribution in [3.63, 3.8) is 0 Å². The molecule has 1 aliphatic rings. The molecule has 2 aromatic heterocycles. The fourth-order valence-electron chi connectivity index (χ4n) is 2.59. The lowest BCUT2D eigenvalue weighted by Crippen LogP contribution is -2.49. The molecule has 2 aromatic rings. The maximum absolute atomic E-state index is 13.2. The summed E-state index contributed by atoms with van der Waals surface area (Å²) in [5.41, 5.74) is -3.13. The van der Waals surface area contributed by atoms with Crippen LogP contribution in [0.15, 0.2) is 29.3 Å². The Morgan fingerprint density at radius 1 is 1.32 bits per heavy atom. The van der Waals surface area contributed by atoms with Gasteiger partial charge in [0.1, 0.15) is 18.0 Å². The van der Waals surface area contributed by atoms with Crippen LogP contribution >= 0.6 is 0 Å². The van der Waals surface area contributed by atoms with Gasteiger partial charge >= 0.3 is 6.18 Å². The minimum atomic E-state index is -5.05. The summed E-state index contributed by atoms with van der Waals surface area (Å²) in [5.74, 6) is -2.79. The van der Waals surface area contributed by atoms with Crippen molar-refractivity contribution >= 4 is 11.7 Å². The number of aromatic nitrogens is 3. The Labute approximate surface area is 204 Å². The summed E-state index contributed by atoms with van der Waals surface area (Å²) < 4.78 is 117. The Morgan fingerprint density at radius 2 is 2.06 bits per heavy atom. The second kappa shape index (κ2) is 11.0. The van der Waals surface area contributed by atoms with Crippen LogP contribution in [0.2, 0.25) is 0 Å². The third kappa shape index (κ3) is 6.44. The number of nitrogens with one attached hydrogen (secondary N) is 1. The number of carbonyl (C=O) groups is 1. The molecule has 0 bridgehead atoms. The van der Waals surface area contributed by atoms with E-state index < -0.39 is 86.5 Å². The van der Waals surface area contributed by atoms with Crippen LogP contribution in [0.4, 0.5) is 19.0 Å². The van der Waals surface area contributed by atoms with Crippen molar-refractivity contribution < 1.29 is 38.4 Å². The van der Waals surface area contributed by atoms with E-state index in [0.29, 0.717) is 6.20 Å². The highest BCUT2D eigenvalue weighted by atomic mass is 19.4. The quantitative estimate of drug-likeness (QED) is 0.556. The zero-order chi connectivity index (χ0) is 31.9. The molecular weight excluding hydrogens is 457 g/mol. The Balaban J connectivity index is 1.74. The predicted molar refractivity (Wildman–Crippen MR) is 113 cm³/mol. The van der Waals surface area contributed by atoms with Crippen molar-refractivity contribution in [2.24, 2.45) is 0 Å². The van der Waals surface area contributed by atoms with Gasteiger partial charge in [0, 0.05) is 32.2 Å². The summed E-state index contributed by atoms with van der Waals surface area (Å²) in [6.45, 7) is -13.5. The van der Waals surface area contributed by atoms with Gasteiger partial charge in [0.25, 0.3) is 5.56 Å². The number of amides is 1. The molecule has 0 aliphatic carbocycles. The van der Waals surface area contributed by atoms with Crippen LogP contribution in [-0.4, -0.2) is 71.3 Å². The molecule has 0 aromatic carbocycles. The maximum atomic E-state index is 13.2. The van der Waals surface area contributed by atoms with Gasteiger partial charge in [0.2, 0.25) is 5.91 Å². The second-order valence-electron chi connectivity index (χ2n) is 6.72. The zero-order valence-corrected chi connectivity index (χ0v) is 17.5. The number of H-pyrrole nitrogens is 1. The SMILES string of the molecule is [2H]C1([2H])N(C(=O)CCOCC(C)Oc2cn[nH]c(=O)c2C(F)(F)F)C([2H])([2H])C([2H])([2H])N(c2ccc(C#N)cn2)C1([2H])[2H]. The van der Waals surface area contributed by atoms with E-state index in [1.165, 1.54) is 6.92 Å². The molecule has 1 saturated heterocycles. The van der Waals surface area contributed by atoms with Gasteiger partial charge in [0.15, 0.2) is 11.3 Å². The molecule has 1 amide bonds. The first-order valence-electron chi connectivity index (χ1n) is 13.6. The first kappa shape index (κ1) is 16.0. The number of pyridine rings is 1. The lowest BCUT2D eigenvalue weighted by molar-refractivity contribution is -0.141. The number of hydrogen-bond donors (Lipinski definition) is 1. The highest BCUT2D eigenvalue weighted by Gasteiger charge is 2.38. The standard InChI is InChI=1S/C21H23F3N6O4/c1-14(34-16-12-27-28-20(32)19(16)21(22,23)24)13-33-9-4-18(31)30-7-5-29(6-8-30)17-3-2-15(10-25)11-26-17/h2-3,11-12,14H,4-9,13H2,1H3,(H,28,32)/i5D2,6D2,7D2,8D2. The highest BCUT2D eigenvalue weighted by Crippen LogP contribution is 2.33. The van der Waals surface area contributed by atoms with E-state index in [0.717, 1.165) is 18.3 Å². The van der Waals surface area contributed by atoms with Gasteiger partial charge in [-0.25, -0.2) is 10.1 Å². The third-order valence-corrected chi connectivity index (χ3v) is 4.15. The van der Waals surface area contributed by atoms with Crippen LogP contribution in [0.5, 0.6) is 5.75 Å². The lowest BCUT2D eigenvalue weighted by atomic mass is 10.2. The lowest BCUT2D eigenvalue weighted by Gasteiger charge is -2.35. The van der Waals surface area contributed by atoms with Crippen molar-refractivity contribution in [2.75, 3.05) is 44.1 Å². The van der Waals surface area contributed by atoms with Gasteiger partial charge in [-0.1, -0.05) is 0 Å². The van der Waals surface area contributed by atoms with Crippen molar-refractivity contribution in [1.29, 1.82) is 5.26 Å². The van der Waals surface area contributed by atoms with Crippen molar-refractivity contribution in [1.82, 2.24) is 20.1 Å². The number of piperazine rings is 1. The molecule has 1 aliphatic heterocycles. The van der Waals surface area contributed by atoms with E-state index in [1.807, 2.05) is 0 Å². The van der Waals surface area contributed by atoms with Crippen molar-refractivity contribution in [3.8, 4) is 11.8 Å². The minimum Gasteiger partial charge on any atom is -0.486 e. The number of anilines is 1. The number of nitriles is 1. The van der Waals surface area contributed by atoms with Gasteiger partial charge in [0.05, 0.1) is 42.4 Å². The monoisotopic (exact) mass is 488 g/mol. The van der Waals surface area contributed by atoms with Gasteiger partial charge < -0.3 is 19.3 Å². The van der Waals surface area contributed by atoms with Gasteiger partial charge in [-0.05, 0) is 19.1 Å². The molecule has 0 radical (unpaired) electrons. The number of halogens is 3. The van der Waals surface area contributed by atoms with E-state index in [9.17, 15) is 22.8 Å². The van der Waals surface area contributed by atoms with Crippen LogP contribution in [0.3, 0.4) is 0 Å². The van der Waals surface area contributed by atoms with Crippen LogP contribution in [0.1, 0.15) is 35.4 Å². The third-order valence-electron chi connectivity index (χ3n) is 4.15. The number of hydrogen-bond acceptors (Lipinski definition) is 8. The van der Waals surface area contributed by atoms with Gasteiger partial charge in [-0.15, -0.1) is 0 Å². The molecule has 1 fully saturated rings. The molecule has 1 N–H and O–H groups in total. The molecule has 3 rings (SSSR count). The van der Waals surface area contributed by atoms with Crippen LogP contribution in [0, 0.1) is 11.3 Å². The number of ether oxygens (including phenoxy) is 2.